The summed E-state index contributed by atoms with van der Waals surface area (Å²) in [5.74, 6) is 0.226. The van der Waals surface area contributed by atoms with Crippen molar-refractivity contribution in [2.24, 2.45) is 5.92 Å². The second-order valence-electron chi connectivity index (χ2n) is 9.57. The number of hydrogen-bond donors (Lipinski definition) is 2. The van der Waals surface area contributed by atoms with E-state index >= 15 is 0 Å². The molecule has 2 heterocycles. The third-order valence-corrected chi connectivity index (χ3v) is 8.83. The van der Waals surface area contributed by atoms with Crippen molar-refractivity contribution in [3.63, 3.8) is 0 Å². The number of pyridine rings is 1. The van der Waals surface area contributed by atoms with Gasteiger partial charge in [0.25, 0.3) is 5.56 Å². The quantitative estimate of drug-likeness (QED) is 0.537. The number of aromatic amines is 1. The number of sulfone groups is 1. The number of fused-ring (bicyclic) bond motifs is 1. The summed E-state index contributed by atoms with van der Waals surface area (Å²) in [6, 6.07) is 10.6. The Balaban J connectivity index is 1.74. The second-order valence-corrected chi connectivity index (χ2v) is 12.3. The summed E-state index contributed by atoms with van der Waals surface area (Å²) in [5, 5.41) is 18.1. The Hall–Kier alpha value is -3.12. The van der Waals surface area contributed by atoms with Crippen molar-refractivity contribution < 1.29 is 8.42 Å². The molecule has 0 spiro atoms. The lowest BCUT2D eigenvalue weighted by atomic mass is 9.96. The standard InChI is InChI=1S/C24H29N5O3S/c1-24(2,3)33(31,32)18-11-9-17(10-12-18)27-22-21-20(13-14-26-23(21)30)29(28-22)19-8-6-4-5-7-16(19)15-25/h9-14,16,19H,4-8H2,1-3H3,(H,26,30)(H,27,28)/t16-,19+/m0/s1. The van der Waals surface area contributed by atoms with E-state index in [9.17, 15) is 18.5 Å². The van der Waals surface area contributed by atoms with Crippen LogP contribution in [0.25, 0.3) is 10.9 Å². The maximum Gasteiger partial charge on any atom is 0.261 e. The summed E-state index contributed by atoms with van der Waals surface area (Å²) < 4.78 is 26.3. The molecule has 2 atom stereocenters. The van der Waals surface area contributed by atoms with Crippen LogP contribution in [0, 0.1) is 17.2 Å². The molecule has 8 nitrogen and oxygen atoms in total. The number of rotatable bonds is 4. The average Bonchev–Trinajstić information content (AvgIpc) is 2.97. The van der Waals surface area contributed by atoms with E-state index in [-0.39, 0.29) is 22.4 Å². The van der Waals surface area contributed by atoms with Crippen molar-refractivity contribution in [2.75, 3.05) is 5.32 Å². The van der Waals surface area contributed by atoms with E-state index in [1.807, 2.05) is 10.7 Å². The van der Waals surface area contributed by atoms with E-state index in [0.717, 1.165) is 32.1 Å². The fourth-order valence-electron chi connectivity index (χ4n) is 4.38. The molecule has 4 rings (SSSR count). The van der Waals surface area contributed by atoms with Gasteiger partial charge in [-0.15, -0.1) is 0 Å². The Kier molecular flexibility index (Phi) is 6.06. The minimum absolute atomic E-state index is 0.100. The Bertz CT molecular complexity index is 1360. The van der Waals surface area contributed by atoms with Crippen LogP contribution in [-0.4, -0.2) is 27.9 Å². The minimum atomic E-state index is -3.46. The van der Waals surface area contributed by atoms with Gasteiger partial charge in [-0.1, -0.05) is 19.3 Å². The predicted molar refractivity (Wildman–Crippen MR) is 128 cm³/mol. The number of nitrogens with one attached hydrogen (secondary N) is 2. The molecule has 1 fully saturated rings. The van der Waals surface area contributed by atoms with Crippen molar-refractivity contribution in [1.29, 1.82) is 5.26 Å². The molecular formula is C24H29N5O3S. The molecule has 2 N–H and O–H groups in total. The van der Waals surface area contributed by atoms with E-state index in [1.165, 1.54) is 0 Å². The number of H-pyrrole nitrogens is 1. The zero-order valence-electron chi connectivity index (χ0n) is 19.1. The van der Waals surface area contributed by atoms with Gasteiger partial charge < -0.3 is 10.3 Å². The summed E-state index contributed by atoms with van der Waals surface area (Å²) in [5.41, 5.74) is 1.03. The number of nitrogens with zero attached hydrogens (tertiary/aromatic N) is 3. The predicted octanol–water partition coefficient (Wildman–Crippen LogP) is 4.69. The largest absolute Gasteiger partial charge is 0.338 e. The lowest BCUT2D eigenvalue weighted by molar-refractivity contribution is 0.353. The summed E-state index contributed by atoms with van der Waals surface area (Å²) in [4.78, 5) is 15.7. The topological polar surface area (TPSA) is 121 Å². The van der Waals surface area contributed by atoms with Gasteiger partial charge in [0.15, 0.2) is 15.7 Å². The maximum absolute atomic E-state index is 12.7. The van der Waals surface area contributed by atoms with Crippen molar-refractivity contribution in [3.8, 4) is 6.07 Å². The number of benzene rings is 1. The van der Waals surface area contributed by atoms with Gasteiger partial charge in [0.2, 0.25) is 0 Å². The van der Waals surface area contributed by atoms with Crippen LogP contribution in [0.15, 0.2) is 46.2 Å². The molecule has 1 saturated carbocycles. The van der Waals surface area contributed by atoms with E-state index in [4.69, 9.17) is 5.10 Å². The molecule has 2 aromatic heterocycles. The van der Waals surface area contributed by atoms with Crippen LogP contribution in [0.5, 0.6) is 0 Å². The number of aromatic nitrogens is 3. The molecule has 0 aliphatic heterocycles. The summed E-state index contributed by atoms with van der Waals surface area (Å²) in [6.07, 6.45) is 6.36. The van der Waals surface area contributed by atoms with Crippen LogP contribution in [0.2, 0.25) is 0 Å². The molecular weight excluding hydrogens is 438 g/mol. The monoisotopic (exact) mass is 467 g/mol. The van der Waals surface area contributed by atoms with Gasteiger partial charge in [-0.2, -0.15) is 10.4 Å². The fourth-order valence-corrected chi connectivity index (χ4v) is 5.58. The molecule has 1 aliphatic rings. The molecule has 174 valence electrons. The normalized spacial score (nSPS) is 19.7. The van der Waals surface area contributed by atoms with Crippen LogP contribution in [0.4, 0.5) is 11.5 Å². The number of anilines is 2. The van der Waals surface area contributed by atoms with Crippen LogP contribution in [-0.2, 0) is 9.84 Å². The number of hydrogen-bond acceptors (Lipinski definition) is 6. The fraction of sp³-hybridized carbons (Fsp3) is 0.458. The Labute approximate surface area is 193 Å². The maximum atomic E-state index is 12.7. The number of nitriles is 1. The van der Waals surface area contributed by atoms with Crippen LogP contribution in [0.3, 0.4) is 0 Å². The van der Waals surface area contributed by atoms with Crippen molar-refractivity contribution in [3.05, 3.63) is 46.9 Å². The first-order valence-electron chi connectivity index (χ1n) is 11.2. The van der Waals surface area contributed by atoms with Gasteiger partial charge in [-0.05, 0) is 63.9 Å². The van der Waals surface area contributed by atoms with E-state index in [2.05, 4.69) is 16.4 Å². The highest BCUT2D eigenvalue weighted by Gasteiger charge is 2.31. The van der Waals surface area contributed by atoms with E-state index < -0.39 is 14.6 Å². The first kappa shape index (κ1) is 23.1. The molecule has 0 bridgehead atoms. The van der Waals surface area contributed by atoms with Crippen molar-refractivity contribution in [2.45, 2.75) is 68.6 Å². The Morgan fingerprint density at radius 1 is 1.12 bits per heavy atom. The second kappa shape index (κ2) is 8.67. The summed E-state index contributed by atoms with van der Waals surface area (Å²) >= 11 is 0. The van der Waals surface area contributed by atoms with Gasteiger partial charge in [-0.25, -0.2) is 8.42 Å². The van der Waals surface area contributed by atoms with Gasteiger partial charge in [0.05, 0.1) is 33.2 Å². The SMILES string of the molecule is CC(C)(C)S(=O)(=O)c1ccc(Nc2nn([C@@H]3CCCCC[C@H]3C#N)c3cc[nH]c(=O)c23)cc1. The Morgan fingerprint density at radius 2 is 1.82 bits per heavy atom. The highest BCUT2D eigenvalue weighted by Crippen LogP contribution is 2.36. The highest BCUT2D eigenvalue weighted by atomic mass is 32.2. The molecule has 0 saturated heterocycles. The first-order chi connectivity index (χ1) is 15.6. The molecule has 1 aliphatic carbocycles. The van der Waals surface area contributed by atoms with Gasteiger partial charge in [0, 0.05) is 11.9 Å². The van der Waals surface area contributed by atoms with Gasteiger partial charge in [-0.3, -0.25) is 9.48 Å². The average molecular weight is 468 g/mol. The Morgan fingerprint density at radius 3 is 2.48 bits per heavy atom. The highest BCUT2D eigenvalue weighted by molar-refractivity contribution is 7.92. The molecule has 0 amide bonds. The molecule has 1 aromatic carbocycles. The van der Waals surface area contributed by atoms with Crippen LogP contribution >= 0.6 is 0 Å². The molecule has 0 unspecified atom stereocenters. The van der Waals surface area contributed by atoms with Crippen LogP contribution in [0.1, 0.15) is 58.9 Å². The smallest absolute Gasteiger partial charge is 0.261 e. The van der Waals surface area contributed by atoms with Crippen LogP contribution < -0.4 is 10.9 Å². The third kappa shape index (κ3) is 4.27. The zero-order valence-corrected chi connectivity index (χ0v) is 19.9. The van der Waals surface area contributed by atoms with Crippen molar-refractivity contribution >= 4 is 32.2 Å². The van der Waals surface area contributed by atoms with E-state index in [1.54, 1.807) is 51.2 Å². The third-order valence-electron chi connectivity index (χ3n) is 6.32. The summed E-state index contributed by atoms with van der Waals surface area (Å²) in [6.45, 7) is 5.00. The minimum Gasteiger partial charge on any atom is -0.338 e. The first-order valence-corrected chi connectivity index (χ1v) is 12.7. The molecule has 33 heavy (non-hydrogen) atoms. The molecule has 3 aromatic rings. The lowest BCUT2D eigenvalue weighted by Gasteiger charge is -2.20. The molecule has 0 radical (unpaired) electrons. The van der Waals surface area contributed by atoms with Crippen molar-refractivity contribution in [1.82, 2.24) is 14.8 Å². The van der Waals surface area contributed by atoms with Gasteiger partial charge in [0.1, 0.15) is 5.39 Å². The molecule has 9 heteroatoms. The zero-order chi connectivity index (χ0) is 23.8. The van der Waals surface area contributed by atoms with Gasteiger partial charge >= 0.3 is 0 Å². The summed E-state index contributed by atoms with van der Waals surface area (Å²) in [7, 11) is -3.46. The lowest BCUT2D eigenvalue weighted by Crippen LogP contribution is -2.27. The van der Waals surface area contributed by atoms with E-state index in [0.29, 0.717) is 22.4 Å².